The predicted octanol–water partition coefficient (Wildman–Crippen LogP) is -1.14. The zero-order valence-electron chi connectivity index (χ0n) is 8.70. The van der Waals surface area contributed by atoms with Crippen LogP contribution >= 0.6 is 0 Å². The van der Waals surface area contributed by atoms with Crippen LogP contribution in [0.1, 0.15) is 16.8 Å². The number of carboxylic acid groups (broad SMARTS) is 1. The minimum Gasteiger partial charge on any atom is -0.478 e. The first kappa shape index (κ1) is 12.0. The van der Waals surface area contributed by atoms with E-state index >= 15 is 0 Å². The SMILES string of the molecule is O=C(O)c1cn[nH]c1S(=O)(=O)N1CC[C@@H](O)C1. The number of hydrogen-bond donors (Lipinski definition) is 3. The molecule has 3 N–H and O–H groups in total. The zero-order valence-corrected chi connectivity index (χ0v) is 9.51. The molecular formula is C8H11N3O5S. The zero-order chi connectivity index (χ0) is 12.6. The van der Waals surface area contributed by atoms with E-state index in [4.69, 9.17) is 5.11 Å². The number of β-amino-alcohol motifs (C(OH)–C–C–N with tert-alkyl or cyclic N) is 1. The van der Waals surface area contributed by atoms with E-state index < -0.39 is 32.7 Å². The van der Waals surface area contributed by atoms with Gasteiger partial charge in [0.15, 0.2) is 5.03 Å². The van der Waals surface area contributed by atoms with Crippen LogP contribution in [0.25, 0.3) is 0 Å². The molecule has 1 aromatic rings. The molecule has 17 heavy (non-hydrogen) atoms. The van der Waals surface area contributed by atoms with E-state index in [9.17, 15) is 18.3 Å². The predicted molar refractivity (Wildman–Crippen MR) is 54.9 cm³/mol. The van der Waals surface area contributed by atoms with E-state index in [1.807, 2.05) is 0 Å². The van der Waals surface area contributed by atoms with Crippen LogP contribution in [-0.2, 0) is 10.0 Å². The lowest BCUT2D eigenvalue weighted by atomic mass is 10.3. The third-order valence-electron chi connectivity index (χ3n) is 2.56. The van der Waals surface area contributed by atoms with Crippen molar-refractivity contribution in [2.75, 3.05) is 13.1 Å². The van der Waals surface area contributed by atoms with Crippen LogP contribution in [0.3, 0.4) is 0 Å². The molecule has 1 atom stereocenters. The Balaban J connectivity index is 2.38. The van der Waals surface area contributed by atoms with Gasteiger partial charge >= 0.3 is 5.97 Å². The number of aliphatic hydroxyl groups is 1. The highest BCUT2D eigenvalue weighted by molar-refractivity contribution is 7.89. The van der Waals surface area contributed by atoms with Gasteiger partial charge in [-0.2, -0.15) is 9.40 Å². The van der Waals surface area contributed by atoms with Gasteiger partial charge in [0.1, 0.15) is 5.56 Å². The van der Waals surface area contributed by atoms with Crippen molar-refractivity contribution < 1.29 is 23.4 Å². The Labute approximate surface area is 96.9 Å². The fourth-order valence-corrected chi connectivity index (χ4v) is 3.24. The molecule has 1 aliphatic heterocycles. The molecule has 0 aliphatic carbocycles. The maximum absolute atomic E-state index is 12.0. The number of carbonyl (C=O) groups is 1. The van der Waals surface area contributed by atoms with E-state index in [-0.39, 0.29) is 13.1 Å². The number of nitrogens with zero attached hydrogens (tertiary/aromatic N) is 2. The molecule has 2 heterocycles. The summed E-state index contributed by atoms with van der Waals surface area (Å²) >= 11 is 0. The van der Waals surface area contributed by atoms with Gasteiger partial charge in [-0.25, -0.2) is 13.2 Å². The van der Waals surface area contributed by atoms with E-state index in [2.05, 4.69) is 10.2 Å². The number of H-pyrrole nitrogens is 1. The third-order valence-corrected chi connectivity index (χ3v) is 4.40. The van der Waals surface area contributed by atoms with Crippen LogP contribution in [0, 0.1) is 0 Å². The Morgan fingerprint density at radius 1 is 1.59 bits per heavy atom. The molecule has 1 aromatic heterocycles. The van der Waals surface area contributed by atoms with Crippen molar-refractivity contribution in [1.29, 1.82) is 0 Å². The van der Waals surface area contributed by atoms with Gasteiger partial charge in [-0.3, -0.25) is 5.10 Å². The molecule has 0 unspecified atom stereocenters. The van der Waals surface area contributed by atoms with Crippen molar-refractivity contribution in [1.82, 2.24) is 14.5 Å². The van der Waals surface area contributed by atoms with Crippen molar-refractivity contribution in [3.63, 3.8) is 0 Å². The van der Waals surface area contributed by atoms with E-state index in [1.165, 1.54) is 0 Å². The van der Waals surface area contributed by atoms with E-state index in [0.717, 1.165) is 10.5 Å². The first-order valence-electron chi connectivity index (χ1n) is 4.88. The summed E-state index contributed by atoms with van der Waals surface area (Å²) in [5, 5.41) is 23.3. The van der Waals surface area contributed by atoms with Gasteiger partial charge in [-0.1, -0.05) is 0 Å². The monoisotopic (exact) mass is 261 g/mol. The van der Waals surface area contributed by atoms with Gasteiger partial charge in [-0.05, 0) is 6.42 Å². The Hall–Kier alpha value is -1.45. The van der Waals surface area contributed by atoms with Crippen molar-refractivity contribution in [3.05, 3.63) is 11.8 Å². The quantitative estimate of drug-likeness (QED) is 0.632. The summed E-state index contributed by atoms with van der Waals surface area (Å²) in [6.45, 7) is 0.141. The minimum atomic E-state index is -3.93. The molecule has 0 bridgehead atoms. The highest BCUT2D eigenvalue weighted by atomic mass is 32.2. The van der Waals surface area contributed by atoms with Crippen LogP contribution < -0.4 is 0 Å². The van der Waals surface area contributed by atoms with E-state index in [1.54, 1.807) is 0 Å². The number of aliphatic hydroxyl groups excluding tert-OH is 1. The highest BCUT2D eigenvalue weighted by Crippen LogP contribution is 2.21. The van der Waals surface area contributed by atoms with Crippen molar-refractivity contribution in [2.24, 2.45) is 0 Å². The Morgan fingerprint density at radius 3 is 2.82 bits per heavy atom. The van der Waals surface area contributed by atoms with Gasteiger partial charge in [0, 0.05) is 13.1 Å². The number of aromatic nitrogens is 2. The number of carboxylic acids is 1. The lowest BCUT2D eigenvalue weighted by Crippen LogP contribution is -2.31. The molecule has 0 aromatic carbocycles. The summed E-state index contributed by atoms with van der Waals surface area (Å²) in [6.07, 6.45) is 0.582. The second kappa shape index (κ2) is 4.09. The molecule has 0 spiro atoms. The van der Waals surface area contributed by atoms with Crippen LogP contribution in [0.5, 0.6) is 0 Å². The van der Waals surface area contributed by atoms with Crippen molar-refractivity contribution >= 4 is 16.0 Å². The van der Waals surface area contributed by atoms with Gasteiger partial charge in [0.25, 0.3) is 10.0 Å². The number of sulfonamides is 1. The summed E-state index contributed by atoms with van der Waals surface area (Å²) < 4.78 is 25.1. The molecule has 1 fully saturated rings. The Morgan fingerprint density at radius 2 is 2.29 bits per heavy atom. The van der Waals surface area contributed by atoms with Crippen LogP contribution in [0.4, 0.5) is 0 Å². The van der Waals surface area contributed by atoms with Gasteiger partial charge in [0.2, 0.25) is 0 Å². The summed E-state index contributed by atoms with van der Waals surface area (Å²) in [4.78, 5) is 10.8. The Kier molecular flexibility index (Phi) is 2.89. The topological polar surface area (TPSA) is 124 Å². The van der Waals surface area contributed by atoms with Crippen LogP contribution in [0.15, 0.2) is 11.2 Å². The highest BCUT2D eigenvalue weighted by Gasteiger charge is 2.35. The summed E-state index contributed by atoms with van der Waals surface area (Å²) in [6, 6.07) is 0. The molecule has 0 radical (unpaired) electrons. The van der Waals surface area contributed by atoms with Gasteiger partial charge in [-0.15, -0.1) is 0 Å². The van der Waals surface area contributed by atoms with Crippen molar-refractivity contribution in [2.45, 2.75) is 17.6 Å². The molecular weight excluding hydrogens is 250 g/mol. The van der Waals surface area contributed by atoms with Crippen LogP contribution in [0.2, 0.25) is 0 Å². The Bertz CT molecular complexity index is 537. The second-order valence-electron chi connectivity index (χ2n) is 3.72. The summed E-state index contributed by atoms with van der Waals surface area (Å²) in [5.74, 6) is -1.36. The maximum atomic E-state index is 12.0. The number of aromatic carboxylic acids is 1. The standard InChI is InChI=1S/C8H11N3O5S/c12-5-1-2-11(4-5)17(15,16)7-6(8(13)14)3-9-10-7/h3,5,12H,1-2,4H2,(H,9,10)(H,13,14)/t5-/m1/s1. The molecule has 1 aliphatic rings. The minimum absolute atomic E-state index is 0.0274. The normalized spacial score (nSPS) is 21.8. The molecule has 1 saturated heterocycles. The number of aromatic amines is 1. The second-order valence-corrected chi connectivity index (χ2v) is 5.60. The fourth-order valence-electron chi connectivity index (χ4n) is 1.68. The maximum Gasteiger partial charge on any atom is 0.340 e. The smallest absolute Gasteiger partial charge is 0.340 e. The molecule has 94 valence electrons. The molecule has 0 amide bonds. The molecule has 8 nitrogen and oxygen atoms in total. The number of rotatable bonds is 3. The molecule has 0 saturated carbocycles. The van der Waals surface area contributed by atoms with Gasteiger partial charge in [0.05, 0.1) is 12.3 Å². The number of hydrogen-bond acceptors (Lipinski definition) is 5. The largest absolute Gasteiger partial charge is 0.478 e. The third kappa shape index (κ3) is 2.04. The van der Waals surface area contributed by atoms with Crippen LogP contribution in [-0.4, -0.2) is 58.3 Å². The first-order valence-corrected chi connectivity index (χ1v) is 6.32. The molecule has 9 heteroatoms. The number of nitrogens with one attached hydrogen (secondary N) is 1. The lowest BCUT2D eigenvalue weighted by Gasteiger charge is -2.14. The average Bonchev–Trinajstić information content (AvgIpc) is 2.84. The fraction of sp³-hybridized carbons (Fsp3) is 0.500. The average molecular weight is 261 g/mol. The van der Waals surface area contributed by atoms with Crippen molar-refractivity contribution in [3.8, 4) is 0 Å². The lowest BCUT2D eigenvalue weighted by molar-refractivity contribution is 0.0692. The van der Waals surface area contributed by atoms with Gasteiger partial charge < -0.3 is 10.2 Å². The molecule has 2 rings (SSSR count). The summed E-state index contributed by atoms with van der Waals surface area (Å²) in [7, 11) is -3.93. The summed E-state index contributed by atoms with van der Waals surface area (Å²) in [5.41, 5.74) is -0.397. The first-order chi connectivity index (χ1) is 7.93. The van der Waals surface area contributed by atoms with E-state index in [0.29, 0.717) is 6.42 Å².